The summed E-state index contributed by atoms with van der Waals surface area (Å²) in [4.78, 5) is 12.7. The summed E-state index contributed by atoms with van der Waals surface area (Å²) < 4.78 is 0. The van der Waals surface area contributed by atoms with Crippen molar-refractivity contribution >= 4 is 12.0 Å². The van der Waals surface area contributed by atoms with Gasteiger partial charge in [-0.25, -0.2) is 0 Å². The van der Waals surface area contributed by atoms with Gasteiger partial charge in [-0.15, -0.1) is 5.16 Å². The number of allylic oxidation sites excluding steroid dienone is 1. The number of carbonyl (C=O) groups is 1. The number of hydrogen-bond acceptors (Lipinski definition) is 4. The van der Waals surface area contributed by atoms with E-state index in [1.807, 2.05) is 0 Å². The van der Waals surface area contributed by atoms with Crippen molar-refractivity contribution in [2.75, 3.05) is 0 Å². The van der Waals surface area contributed by atoms with Crippen LogP contribution >= 0.6 is 0 Å². The topological polar surface area (TPSA) is 69.9 Å². The Morgan fingerprint density at radius 1 is 1.23 bits per heavy atom. The maximum atomic E-state index is 12.7. The van der Waals surface area contributed by atoms with Crippen molar-refractivity contribution in [1.29, 1.82) is 0 Å². The molecule has 0 aliphatic heterocycles. The number of aliphatic hydroxyl groups excluding tert-OH is 1. The molecule has 7 atom stereocenters. The molecular weight excluding hydrogens is 326 g/mol. The monoisotopic (exact) mass is 359 g/mol. The Morgan fingerprint density at radius 3 is 2.81 bits per heavy atom. The van der Waals surface area contributed by atoms with E-state index in [1.165, 1.54) is 18.2 Å². The predicted molar refractivity (Wildman–Crippen MR) is 101 cm³/mol. The minimum atomic E-state index is -0.151. The number of aliphatic hydroxyl groups is 1. The molecule has 26 heavy (non-hydrogen) atoms. The molecule has 0 aromatic rings. The number of Topliss-reactive ketones (excluding diaryl/α,β-unsaturated/α-hetero) is 1. The van der Waals surface area contributed by atoms with E-state index < -0.39 is 0 Å². The van der Waals surface area contributed by atoms with Gasteiger partial charge in [0.15, 0.2) is 0 Å². The molecule has 0 radical (unpaired) electrons. The molecule has 4 aliphatic carbocycles. The zero-order valence-corrected chi connectivity index (χ0v) is 16.2. The molecule has 0 saturated heterocycles. The van der Waals surface area contributed by atoms with Crippen LogP contribution in [0.2, 0.25) is 0 Å². The molecule has 0 unspecified atom stereocenters. The average molecular weight is 360 g/mol. The van der Waals surface area contributed by atoms with Gasteiger partial charge >= 0.3 is 0 Å². The van der Waals surface area contributed by atoms with E-state index in [-0.39, 0.29) is 35.1 Å². The van der Waals surface area contributed by atoms with Crippen molar-refractivity contribution < 1.29 is 15.1 Å². The molecule has 144 valence electrons. The number of nitrogens with zero attached hydrogens (tertiary/aromatic N) is 1. The van der Waals surface area contributed by atoms with Crippen LogP contribution in [0.15, 0.2) is 16.8 Å². The first-order chi connectivity index (χ1) is 12.4. The smallest absolute Gasteiger partial charge is 0.141 e. The van der Waals surface area contributed by atoms with Gasteiger partial charge in [-0.05, 0) is 80.0 Å². The number of rotatable bonds is 3. The van der Waals surface area contributed by atoms with E-state index in [9.17, 15) is 9.90 Å². The standard InChI is InChI=1S/C22H33NO3/c1-21-10-7-15(24)13-14(21)3-4-16-17-5-6-19(20(25)9-12-23-26)22(17,2)11-8-18(16)21/h3,12,15-19,24,26H,4-11,13H2,1-2H3/b23-12+/t15-,16-,17-,18-,19+,21-,22-/m0/s1. The first-order valence-electron chi connectivity index (χ1n) is 10.5. The van der Waals surface area contributed by atoms with Crippen LogP contribution in [0.4, 0.5) is 0 Å². The van der Waals surface area contributed by atoms with E-state index in [0.29, 0.717) is 17.8 Å². The summed E-state index contributed by atoms with van der Waals surface area (Å²) >= 11 is 0. The number of carbonyl (C=O) groups excluding carboxylic acids is 1. The molecule has 4 nitrogen and oxygen atoms in total. The van der Waals surface area contributed by atoms with Gasteiger partial charge in [0.05, 0.1) is 12.3 Å². The highest BCUT2D eigenvalue weighted by Gasteiger charge is 2.59. The third-order valence-electron chi connectivity index (χ3n) is 8.84. The second kappa shape index (κ2) is 6.47. The van der Waals surface area contributed by atoms with Crippen molar-refractivity contribution in [3.05, 3.63) is 11.6 Å². The largest absolute Gasteiger partial charge is 0.411 e. The predicted octanol–water partition coefficient (Wildman–Crippen LogP) is 4.35. The molecule has 3 fully saturated rings. The summed E-state index contributed by atoms with van der Waals surface area (Å²) in [6, 6.07) is 0. The summed E-state index contributed by atoms with van der Waals surface area (Å²) in [6.45, 7) is 4.80. The first-order valence-corrected chi connectivity index (χ1v) is 10.5. The maximum absolute atomic E-state index is 12.7. The molecule has 0 bridgehead atoms. The molecule has 0 spiro atoms. The van der Waals surface area contributed by atoms with Crippen LogP contribution in [-0.2, 0) is 4.79 Å². The van der Waals surface area contributed by atoms with Gasteiger partial charge in [0.25, 0.3) is 0 Å². The minimum absolute atomic E-state index is 0.109. The molecule has 3 saturated carbocycles. The van der Waals surface area contributed by atoms with Crippen molar-refractivity contribution in [3.63, 3.8) is 0 Å². The van der Waals surface area contributed by atoms with Crippen molar-refractivity contribution in [3.8, 4) is 0 Å². The highest BCUT2D eigenvalue weighted by atomic mass is 16.4. The molecule has 0 aromatic heterocycles. The number of oxime groups is 1. The highest BCUT2D eigenvalue weighted by molar-refractivity contribution is 5.93. The Bertz CT molecular complexity index is 641. The molecule has 4 heteroatoms. The summed E-state index contributed by atoms with van der Waals surface area (Å²) in [5.41, 5.74) is 1.87. The second-order valence-corrected chi connectivity index (χ2v) is 9.80. The fourth-order valence-electron chi connectivity index (χ4n) is 7.44. The van der Waals surface area contributed by atoms with Crippen LogP contribution in [0.5, 0.6) is 0 Å². The van der Waals surface area contributed by atoms with Gasteiger partial charge in [0.1, 0.15) is 5.78 Å². The van der Waals surface area contributed by atoms with Crippen LogP contribution in [0, 0.1) is 34.5 Å². The molecule has 0 heterocycles. The summed E-state index contributed by atoms with van der Waals surface area (Å²) in [6.07, 6.45) is 12.4. The lowest BCUT2D eigenvalue weighted by Gasteiger charge is -2.57. The van der Waals surface area contributed by atoms with E-state index in [2.05, 4.69) is 25.1 Å². The van der Waals surface area contributed by atoms with Crippen LogP contribution in [0.3, 0.4) is 0 Å². The number of fused-ring (bicyclic) bond motifs is 5. The Morgan fingerprint density at radius 2 is 2.04 bits per heavy atom. The molecule has 2 N–H and O–H groups in total. The minimum Gasteiger partial charge on any atom is -0.411 e. The third-order valence-corrected chi connectivity index (χ3v) is 8.84. The van der Waals surface area contributed by atoms with Crippen LogP contribution in [0.1, 0.15) is 71.6 Å². The van der Waals surface area contributed by atoms with Crippen LogP contribution in [-0.4, -0.2) is 28.4 Å². The summed E-state index contributed by atoms with van der Waals surface area (Å²) in [5, 5.41) is 21.8. The zero-order chi connectivity index (χ0) is 18.5. The quantitative estimate of drug-likeness (QED) is 0.341. The Kier molecular flexibility index (Phi) is 4.53. The maximum Gasteiger partial charge on any atom is 0.141 e. The molecular formula is C22H33NO3. The number of hydrogen-bond donors (Lipinski definition) is 2. The Balaban J connectivity index is 1.59. The zero-order valence-electron chi connectivity index (χ0n) is 16.2. The van der Waals surface area contributed by atoms with Gasteiger partial charge in [-0.3, -0.25) is 4.79 Å². The van der Waals surface area contributed by atoms with E-state index in [4.69, 9.17) is 5.21 Å². The fourth-order valence-corrected chi connectivity index (χ4v) is 7.44. The lowest BCUT2D eigenvalue weighted by molar-refractivity contribution is -0.128. The third kappa shape index (κ3) is 2.59. The summed E-state index contributed by atoms with van der Waals surface area (Å²) in [5.74, 6) is 2.40. The van der Waals surface area contributed by atoms with E-state index >= 15 is 0 Å². The van der Waals surface area contributed by atoms with Crippen molar-refractivity contribution in [2.24, 2.45) is 39.7 Å². The Hall–Kier alpha value is -1.16. The van der Waals surface area contributed by atoms with Crippen molar-refractivity contribution in [2.45, 2.75) is 77.7 Å². The fraction of sp³-hybridized carbons (Fsp3) is 0.818. The number of ketones is 1. The van der Waals surface area contributed by atoms with Gasteiger partial charge in [-0.1, -0.05) is 25.5 Å². The Labute approximate surface area is 156 Å². The van der Waals surface area contributed by atoms with Gasteiger partial charge in [0, 0.05) is 12.3 Å². The molecule has 4 aliphatic rings. The highest BCUT2D eigenvalue weighted by Crippen LogP contribution is 2.66. The van der Waals surface area contributed by atoms with Gasteiger partial charge in [0.2, 0.25) is 0 Å². The van der Waals surface area contributed by atoms with Crippen LogP contribution in [0.25, 0.3) is 0 Å². The average Bonchev–Trinajstić information content (AvgIpc) is 2.97. The SMILES string of the molecule is C[C@]12CC[C@H]3[C@@H](CC=C4C[C@@H](O)CC[C@@]43C)[C@@H]1CC[C@@H]2C(=O)C/C=N/O. The first kappa shape index (κ1) is 18.2. The second-order valence-electron chi connectivity index (χ2n) is 9.80. The van der Waals surface area contributed by atoms with Gasteiger partial charge in [-0.2, -0.15) is 0 Å². The van der Waals surface area contributed by atoms with Crippen molar-refractivity contribution in [1.82, 2.24) is 0 Å². The molecule has 4 rings (SSSR count). The van der Waals surface area contributed by atoms with E-state index in [1.54, 1.807) is 0 Å². The van der Waals surface area contributed by atoms with E-state index in [0.717, 1.165) is 44.9 Å². The lowest BCUT2D eigenvalue weighted by atomic mass is 9.47. The normalized spacial score (nSPS) is 47.8. The molecule has 0 aromatic carbocycles. The molecule has 0 amide bonds. The lowest BCUT2D eigenvalue weighted by Crippen LogP contribution is -2.51. The van der Waals surface area contributed by atoms with Crippen LogP contribution < -0.4 is 0 Å². The summed E-state index contributed by atoms with van der Waals surface area (Å²) in [7, 11) is 0. The van der Waals surface area contributed by atoms with Gasteiger partial charge < -0.3 is 10.3 Å².